The van der Waals surface area contributed by atoms with Crippen molar-refractivity contribution in [2.75, 3.05) is 23.8 Å². The van der Waals surface area contributed by atoms with E-state index in [1.54, 1.807) is 12.1 Å². The molecule has 4 rings (SSSR count). The summed E-state index contributed by atoms with van der Waals surface area (Å²) in [6, 6.07) is 10.5. The van der Waals surface area contributed by atoms with Crippen LogP contribution >= 0.6 is 0 Å². The minimum Gasteiger partial charge on any atom is -0.465 e. The lowest BCUT2D eigenvalue weighted by Crippen LogP contribution is -2.46. The molecular weight excluding hydrogens is 415 g/mol. The van der Waals surface area contributed by atoms with Gasteiger partial charge in [0.2, 0.25) is 0 Å². The van der Waals surface area contributed by atoms with E-state index in [1.807, 2.05) is 12.1 Å². The van der Waals surface area contributed by atoms with Crippen molar-refractivity contribution in [2.45, 2.75) is 30.7 Å². The van der Waals surface area contributed by atoms with Crippen molar-refractivity contribution in [1.82, 2.24) is 4.90 Å². The zero-order valence-electron chi connectivity index (χ0n) is 16.3. The first-order valence-electron chi connectivity index (χ1n) is 9.61. The molecule has 0 radical (unpaired) electrons. The second-order valence-electron chi connectivity index (χ2n) is 7.79. The molecule has 2 aliphatic rings. The maximum Gasteiger partial charge on any atom is 0.416 e. The Labute approximate surface area is 175 Å². The number of carbonyl (C=O) groups excluding carboxylic acids is 1. The lowest BCUT2D eigenvalue weighted by molar-refractivity contribution is -0.137. The number of halogens is 3. The number of morpholine rings is 1. The number of amides is 3. The van der Waals surface area contributed by atoms with Gasteiger partial charge in [-0.3, -0.25) is 0 Å². The summed E-state index contributed by atoms with van der Waals surface area (Å²) >= 11 is 0. The summed E-state index contributed by atoms with van der Waals surface area (Å²) in [7, 11) is 0. The van der Waals surface area contributed by atoms with E-state index in [0.29, 0.717) is 31.7 Å². The summed E-state index contributed by atoms with van der Waals surface area (Å²) < 4.78 is 43.7. The predicted molar refractivity (Wildman–Crippen MR) is 106 cm³/mol. The summed E-state index contributed by atoms with van der Waals surface area (Å²) in [5, 5.41) is 14.4. The molecule has 2 saturated heterocycles. The van der Waals surface area contributed by atoms with Crippen LogP contribution in [-0.4, -0.2) is 46.9 Å². The molecule has 2 aromatic rings. The summed E-state index contributed by atoms with van der Waals surface area (Å²) in [6.07, 6.45) is -4.15. The average Bonchev–Trinajstić information content (AvgIpc) is 3.27. The maximum absolute atomic E-state index is 12.6. The van der Waals surface area contributed by atoms with Crippen LogP contribution in [0.4, 0.5) is 34.1 Å². The monoisotopic (exact) mass is 435 g/mol. The van der Waals surface area contributed by atoms with Gasteiger partial charge >= 0.3 is 18.3 Å². The Hall–Kier alpha value is -3.27. The van der Waals surface area contributed by atoms with E-state index in [4.69, 9.17) is 4.74 Å². The molecule has 31 heavy (non-hydrogen) atoms. The van der Waals surface area contributed by atoms with Crippen LogP contribution in [0.2, 0.25) is 0 Å². The normalized spacial score (nSPS) is 22.4. The highest BCUT2D eigenvalue weighted by Crippen LogP contribution is 2.40. The first-order valence-corrected chi connectivity index (χ1v) is 9.61. The van der Waals surface area contributed by atoms with Gasteiger partial charge in [-0.05, 0) is 42.0 Å². The van der Waals surface area contributed by atoms with Crippen LogP contribution in [0, 0.1) is 0 Å². The highest BCUT2D eigenvalue weighted by Gasteiger charge is 2.52. The van der Waals surface area contributed by atoms with Gasteiger partial charge in [-0.2, -0.15) is 13.2 Å². The largest absolute Gasteiger partial charge is 0.465 e. The van der Waals surface area contributed by atoms with E-state index in [0.717, 1.165) is 17.7 Å². The fraction of sp³-hybridized carbons (Fsp3) is 0.333. The smallest absolute Gasteiger partial charge is 0.416 e. The molecule has 3 amide bonds. The topological polar surface area (TPSA) is 90.9 Å². The molecule has 2 aliphatic heterocycles. The molecule has 0 aromatic heterocycles. The van der Waals surface area contributed by atoms with Gasteiger partial charge in [0, 0.05) is 24.2 Å². The Kier molecular flexibility index (Phi) is 5.26. The van der Waals surface area contributed by atoms with Crippen LogP contribution in [0.3, 0.4) is 0 Å². The van der Waals surface area contributed by atoms with E-state index in [1.165, 1.54) is 17.0 Å². The first kappa shape index (κ1) is 21.0. The summed E-state index contributed by atoms with van der Waals surface area (Å²) in [5.41, 5.74) is 0.382. The highest BCUT2D eigenvalue weighted by molar-refractivity contribution is 5.99. The molecule has 2 heterocycles. The van der Waals surface area contributed by atoms with E-state index < -0.39 is 29.5 Å². The number of rotatable bonds is 4. The second kappa shape index (κ2) is 7.77. The van der Waals surface area contributed by atoms with E-state index >= 15 is 0 Å². The number of nitrogens with one attached hydrogen (secondary N) is 2. The number of likely N-dealkylation sites (tertiary alicyclic amines) is 1. The van der Waals surface area contributed by atoms with Crippen molar-refractivity contribution in [2.24, 2.45) is 0 Å². The molecule has 2 aromatic carbocycles. The van der Waals surface area contributed by atoms with E-state index in [9.17, 15) is 27.9 Å². The molecule has 0 spiro atoms. The fourth-order valence-electron chi connectivity index (χ4n) is 4.09. The Balaban J connectivity index is 1.32. The summed E-state index contributed by atoms with van der Waals surface area (Å²) in [5.74, 6) is 0. The maximum atomic E-state index is 12.6. The number of anilines is 2. The number of nitrogens with zero attached hydrogens (tertiary/aromatic N) is 1. The lowest BCUT2D eigenvalue weighted by Gasteiger charge is -2.31. The van der Waals surface area contributed by atoms with Gasteiger partial charge in [0.05, 0.1) is 30.4 Å². The van der Waals surface area contributed by atoms with Crippen LogP contribution in [0.15, 0.2) is 48.5 Å². The van der Waals surface area contributed by atoms with Crippen LogP contribution in [0.25, 0.3) is 0 Å². The summed E-state index contributed by atoms with van der Waals surface area (Å²) in [4.78, 5) is 24.8. The van der Waals surface area contributed by atoms with Crippen LogP contribution in [0.5, 0.6) is 0 Å². The molecule has 2 bridgehead atoms. The number of ether oxygens (including phenoxy) is 1. The van der Waals surface area contributed by atoms with Crippen molar-refractivity contribution in [3.8, 4) is 0 Å². The number of urea groups is 1. The van der Waals surface area contributed by atoms with E-state index in [-0.39, 0.29) is 11.7 Å². The number of hydrogen-bond donors (Lipinski definition) is 3. The number of benzene rings is 2. The average molecular weight is 435 g/mol. The molecular formula is C21H20F3N3O4. The van der Waals surface area contributed by atoms with Crippen molar-refractivity contribution < 1.29 is 32.6 Å². The lowest BCUT2D eigenvalue weighted by atomic mass is 9.93. The molecule has 164 valence electrons. The van der Waals surface area contributed by atoms with Gasteiger partial charge in [-0.15, -0.1) is 0 Å². The molecule has 2 unspecified atom stereocenters. The van der Waals surface area contributed by atoms with Crippen molar-refractivity contribution in [1.29, 1.82) is 0 Å². The SMILES string of the molecule is O=C(Nc1ccc(CC23CC(CO2)N(C(=O)O)C3)cc1)Nc1ccc(C(F)(F)F)cc1. The third kappa shape index (κ3) is 4.58. The van der Waals surface area contributed by atoms with Crippen molar-refractivity contribution in [3.63, 3.8) is 0 Å². The Morgan fingerprint density at radius 3 is 2.16 bits per heavy atom. The molecule has 10 heteroatoms. The third-order valence-electron chi connectivity index (χ3n) is 5.54. The van der Waals surface area contributed by atoms with E-state index in [2.05, 4.69) is 10.6 Å². The first-order chi connectivity index (χ1) is 14.6. The zero-order chi connectivity index (χ0) is 22.2. The molecule has 0 aliphatic carbocycles. The zero-order valence-corrected chi connectivity index (χ0v) is 16.3. The van der Waals surface area contributed by atoms with Gasteiger partial charge in [-0.25, -0.2) is 9.59 Å². The predicted octanol–water partition coefficient (Wildman–Crippen LogP) is 4.41. The van der Waals surface area contributed by atoms with Crippen molar-refractivity contribution >= 4 is 23.5 Å². The Morgan fingerprint density at radius 2 is 1.65 bits per heavy atom. The van der Waals surface area contributed by atoms with Crippen LogP contribution in [0.1, 0.15) is 17.5 Å². The Morgan fingerprint density at radius 1 is 1.06 bits per heavy atom. The minimum atomic E-state index is -4.43. The third-order valence-corrected chi connectivity index (χ3v) is 5.54. The van der Waals surface area contributed by atoms with Gasteiger partial charge in [0.15, 0.2) is 0 Å². The summed E-state index contributed by atoms with van der Waals surface area (Å²) in [6.45, 7) is 0.735. The molecule has 7 nitrogen and oxygen atoms in total. The highest BCUT2D eigenvalue weighted by atomic mass is 19.4. The van der Waals surface area contributed by atoms with Gasteiger partial charge < -0.3 is 25.4 Å². The molecule has 2 fully saturated rings. The van der Waals surface area contributed by atoms with Gasteiger partial charge in [0.25, 0.3) is 0 Å². The number of fused-ring (bicyclic) bond motifs is 2. The van der Waals surface area contributed by atoms with Gasteiger partial charge in [0.1, 0.15) is 0 Å². The minimum absolute atomic E-state index is 0.104. The molecule has 3 N–H and O–H groups in total. The standard InChI is InChI=1S/C21H20F3N3O4/c22-21(23,24)14-3-7-16(8-4-14)26-18(28)25-15-5-1-13(2-6-15)9-20-10-17(11-31-20)27(12-20)19(29)30/h1-8,17H,9-12H2,(H,29,30)(H2,25,26,28). The van der Waals surface area contributed by atoms with Gasteiger partial charge in [-0.1, -0.05) is 12.1 Å². The number of carboxylic acid groups (broad SMARTS) is 1. The molecule has 2 atom stereocenters. The fourth-order valence-corrected chi connectivity index (χ4v) is 4.09. The number of alkyl halides is 3. The Bertz CT molecular complexity index is 979. The quantitative estimate of drug-likeness (QED) is 0.664. The number of hydrogen-bond acceptors (Lipinski definition) is 3. The second-order valence-corrected chi connectivity index (χ2v) is 7.79. The van der Waals surface area contributed by atoms with Crippen LogP contribution < -0.4 is 10.6 Å². The van der Waals surface area contributed by atoms with Crippen molar-refractivity contribution in [3.05, 3.63) is 59.7 Å². The molecule has 0 saturated carbocycles. The number of carbonyl (C=O) groups is 2. The van der Waals surface area contributed by atoms with Crippen LogP contribution in [-0.2, 0) is 17.3 Å².